The highest BCUT2D eigenvalue weighted by Crippen LogP contribution is 2.36. The van der Waals surface area contributed by atoms with Gasteiger partial charge in [-0.1, -0.05) is 66.7 Å². The van der Waals surface area contributed by atoms with Crippen LogP contribution in [-0.2, 0) is 28.7 Å². The fourth-order valence-electron chi connectivity index (χ4n) is 3.18. The van der Waals surface area contributed by atoms with Crippen molar-refractivity contribution in [2.75, 3.05) is 46.8 Å². The van der Waals surface area contributed by atoms with Gasteiger partial charge in [-0.05, 0) is 37.3 Å². The largest absolute Gasteiger partial charge is 0.476 e. The van der Waals surface area contributed by atoms with E-state index < -0.39 is 5.85 Å². The predicted molar refractivity (Wildman–Crippen MR) is 136 cm³/mol. The molecule has 1 rings (SSSR count). The van der Waals surface area contributed by atoms with Crippen molar-refractivity contribution in [2.45, 2.75) is 105 Å². The van der Waals surface area contributed by atoms with Crippen LogP contribution in [0.4, 0.5) is 0 Å². The average Bonchev–Trinajstić information content (AvgIpc) is 2.85. The van der Waals surface area contributed by atoms with Gasteiger partial charge in [0.25, 0.3) is 0 Å². The molecule has 0 bridgehead atoms. The molecule has 10 heteroatoms. The van der Waals surface area contributed by atoms with Crippen LogP contribution in [0, 0.1) is 0 Å². The molecule has 0 radical (unpaired) electrons. The summed E-state index contributed by atoms with van der Waals surface area (Å²) in [6.07, 6.45) is 9.22. The lowest BCUT2D eigenvalue weighted by atomic mass is 10.1. The number of nitrogens with zero attached hydrogens (tertiary/aromatic N) is 3. The highest BCUT2D eigenvalue weighted by Gasteiger charge is 2.54. The van der Waals surface area contributed by atoms with Gasteiger partial charge in [0.05, 0.1) is 45.2 Å². The summed E-state index contributed by atoms with van der Waals surface area (Å²) in [4.78, 5) is 18.6. The van der Waals surface area contributed by atoms with Gasteiger partial charge in [0.15, 0.2) is 0 Å². The van der Waals surface area contributed by atoms with E-state index in [1.54, 1.807) is 7.11 Å². The average molecular weight is 505 g/mol. The summed E-state index contributed by atoms with van der Waals surface area (Å²) in [5.74, 6) is -1.08. The van der Waals surface area contributed by atoms with Gasteiger partial charge >= 0.3 is 0 Å². The summed E-state index contributed by atoms with van der Waals surface area (Å²) in [6, 6.07) is 0. The molecule has 10 nitrogen and oxygen atoms in total. The summed E-state index contributed by atoms with van der Waals surface area (Å²) in [5, 5.41) is 4.38. The fourth-order valence-corrected chi connectivity index (χ4v) is 3.18. The molecule has 0 spiro atoms. The Morgan fingerprint density at radius 3 is 1.77 bits per heavy atom. The van der Waals surface area contributed by atoms with Crippen molar-refractivity contribution >= 4 is 0 Å². The van der Waals surface area contributed by atoms with E-state index in [9.17, 15) is 0 Å². The van der Waals surface area contributed by atoms with Gasteiger partial charge in [0, 0.05) is 12.4 Å². The van der Waals surface area contributed by atoms with Crippen molar-refractivity contribution < 1.29 is 28.7 Å². The molecule has 2 N–H and O–H groups in total. The molecule has 35 heavy (non-hydrogen) atoms. The lowest BCUT2D eigenvalue weighted by Gasteiger charge is -2.51. The number of nitrogens with two attached hydrogens (primary N) is 1. The van der Waals surface area contributed by atoms with Crippen LogP contribution in [0.15, 0.2) is 11.5 Å². The molecule has 0 amide bonds. The molecule has 1 atom stereocenters. The summed E-state index contributed by atoms with van der Waals surface area (Å²) in [5.41, 5.74) is 7.60. The maximum Gasteiger partial charge on any atom is 0.247 e. The SMILES string of the molecule is CCCCOC1=C(COC)C(N)(OCCCC)N(OCCCC)N(OCCCC)N1OCCCC. The van der Waals surface area contributed by atoms with Crippen LogP contribution in [0.25, 0.3) is 0 Å². The molecule has 0 saturated carbocycles. The summed E-state index contributed by atoms with van der Waals surface area (Å²) in [7, 11) is 1.62. The molecule has 0 fully saturated rings. The van der Waals surface area contributed by atoms with Gasteiger partial charge in [-0.2, -0.15) is 0 Å². The third kappa shape index (κ3) is 10.1. The third-order valence-electron chi connectivity index (χ3n) is 5.43. The topological polar surface area (TPSA) is 91.1 Å². The minimum atomic E-state index is -1.50. The standard InChI is InChI=1S/C25H52N4O6/c1-7-12-17-31-24-23(22-30-6)25(26,32-18-13-8-2)28(34-20-15-10-4)29(35-21-16-11-5)27(24)33-19-14-9-3/h7-22,26H2,1-6H3. The Hall–Kier alpha value is -0.980. The summed E-state index contributed by atoms with van der Waals surface area (Å²) < 4.78 is 18.2. The molecule has 0 aromatic carbocycles. The fraction of sp³-hybridized carbons (Fsp3) is 0.920. The predicted octanol–water partition coefficient (Wildman–Crippen LogP) is 5.04. The molecule has 0 aromatic heterocycles. The van der Waals surface area contributed by atoms with Crippen molar-refractivity contribution in [2.24, 2.45) is 5.73 Å². The number of ether oxygens (including phenoxy) is 3. The first-order valence-electron chi connectivity index (χ1n) is 13.6. The summed E-state index contributed by atoms with van der Waals surface area (Å²) >= 11 is 0. The lowest BCUT2D eigenvalue weighted by molar-refractivity contribution is -0.576. The van der Waals surface area contributed by atoms with Gasteiger partial charge in [0.1, 0.15) is 0 Å². The molecular weight excluding hydrogens is 452 g/mol. The minimum Gasteiger partial charge on any atom is -0.476 e. The maximum atomic E-state index is 7.02. The first-order valence-corrected chi connectivity index (χ1v) is 13.6. The zero-order valence-corrected chi connectivity index (χ0v) is 23.2. The molecular formula is C25H52N4O6. The van der Waals surface area contributed by atoms with Crippen molar-refractivity contribution in [1.82, 2.24) is 15.6 Å². The zero-order valence-electron chi connectivity index (χ0n) is 23.2. The highest BCUT2D eigenvalue weighted by atomic mass is 17.0. The van der Waals surface area contributed by atoms with E-state index in [1.165, 1.54) is 15.6 Å². The monoisotopic (exact) mass is 504 g/mol. The molecule has 0 aliphatic carbocycles. The first kappa shape index (κ1) is 32.0. The van der Waals surface area contributed by atoms with Crippen molar-refractivity contribution in [1.29, 1.82) is 0 Å². The van der Waals surface area contributed by atoms with Gasteiger partial charge < -0.3 is 14.2 Å². The second-order valence-corrected chi connectivity index (χ2v) is 8.68. The van der Waals surface area contributed by atoms with E-state index in [1.807, 2.05) is 0 Å². The number of rotatable bonds is 22. The Morgan fingerprint density at radius 2 is 1.20 bits per heavy atom. The highest BCUT2D eigenvalue weighted by molar-refractivity contribution is 5.19. The third-order valence-corrected chi connectivity index (χ3v) is 5.43. The Morgan fingerprint density at radius 1 is 0.686 bits per heavy atom. The van der Waals surface area contributed by atoms with Gasteiger partial charge in [-0.3, -0.25) is 20.2 Å². The van der Waals surface area contributed by atoms with Crippen LogP contribution in [0.5, 0.6) is 0 Å². The number of hydrogen-bond acceptors (Lipinski definition) is 10. The molecule has 0 saturated heterocycles. The van der Waals surface area contributed by atoms with Crippen LogP contribution in [0.1, 0.15) is 98.8 Å². The van der Waals surface area contributed by atoms with Crippen molar-refractivity contribution in [3.63, 3.8) is 0 Å². The zero-order chi connectivity index (χ0) is 25.9. The van der Waals surface area contributed by atoms with Gasteiger partial charge in [0.2, 0.25) is 11.7 Å². The van der Waals surface area contributed by atoms with Crippen LogP contribution in [-0.4, -0.2) is 68.2 Å². The van der Waals surface area contributed by atoms with Crippen LogP contribution >= 0.6 is 0 Å². The Labute approximate surface area is 213 Å². The minimum absolute atomic E-state index is 0.175. The van der Waals surface area contributed by atoms with Crippen LogP contribution < -0.4 is 5.73 Å². The van der Waals surface area contributed by atoms with E-state index in [-0.39, 0.29) is 6.61 Å². The van der Waals surface area contributed by atoms with Crippen molar-refractivity contribution in [3.8, 4) is 0 Å². The van der Waals surface area contributed by atoms with E-state index in [0.717, 1.165) is 64.2 Å². The maximum absolute atomic E-state index is 7.02. The Kier molecular flexibility index (Phi) is 17.6. The second kappa shape index (κ2) is 19.2. The molecule has 1 aliphatic heterocycles. The molecule has 1 aliphatic rings. The normalized spacial score (nSPS) is 19.7. The number of methoxy groups -OCH3 is 1. The number of unbranched alkanes of at least 4 members (excludes halogenated alkanes) is 5. The molecule has 1 heterocycles. The van der Waals surface area contributed by atoms with E-state index in [4.69, 9.17) is 34.5 Å². The number of hydroxylamine groups is 2. The van der Waals surface area contributed by atoms with E-state index in [0.29, 0.717) is 44.5 Å². The lowest BCUT2D eigenvalue weighted by Crippen LogP contribution is -2.72. The van der Waals surface area contributed by atoms with E-state index >= 15 is 0 Å². The molecule has 208 valence electrons. The van der Waals surface area contributed by atoms with Gasteiger partial charge in [-0.15, -0.1) is 5.17 Å². The van der Waals surface area contributed by atoms with Crippen LogP contribution in [0.2, 0.25) is 0 Å². The second-order valence-electron chi connectivity index (χ2n) is 8.68. The first-order chi connectivity index (χ1) is 17.0. The van der Waals surface area contributed by atoms with Crippen molar-refractivity contribution in [3.05, 3.63) is 11.5 Å². The Balaban J connectivity index is 3.57. The van der Waals surface area contributed by atoms with E-state index in [2.05, 4.69) is 34.6 Å². The molecule has 1 unspecified atom stereocenters. The number of hydrogen-bond donors (Lipinski definition) is 1. The Bertz CT molecular complexity index is 568. The smallest absolute Gasteiger partial charge is 0.247 e. The van der Waals surface area contributed by atoms with Gasteiger partial charge in [-0.25, -0.2) is 0 Å². The molecule has 0 aromatic rings. The quantitative estimate of drug-likeness (QED) is 0.160. The number of hydrazine groups is 2. The van der Waals surface area contributed by atoms with Crippen LogP contribution in [0.3, 0.4) is 0 Å². The summed E-state index contributed by atoms with van der Waals surface area (Å²) in [6.45, 7) is 13.0.